The summed E-state index contributed by atoms with van der Waals surface area (Å²) in [5.74, 6) is -1.03. The second-order valence-electron chi connectivity index (χ2n) is 8.61. The van der Waals surface area contributed by atoms with Crippen LogP contribution in [0.2, 0.25) is 0 Å². The quantitative estimate of drug-likeness (QED) is 0.519. The molecule has 0 bridgehead atoms. The summed E-state index contributed by atoms with van der Waals surface area (Å²) in [6.45, 7) is 14.0. The molecule has 3 heteroatoms. The lowest BCUT2D eigenvalue weighted by molar-refractivity contribution is -0.138. The number of aliphatic carboxylic acids is 1. The lowest BCUT2D eigenvalue weighted by atomic mass is 9.80. The molecule has 0 spiro atoms. The fourth-order valence-corrected chi connectivity index (χ4v) is 4.42. The van der Waals surface area contributed by atoms with Gasteiger partial charge in [0.1, 0.15) is 0 Å². The zero-order valence-electron chi connectivity index (χ0n) is 18.9. The Morgan fingerprint density at radius 2 is 1.59 bits per heavy atom. The first kappa shape index (κ1) is 23.2. The van der Waals surface area contributed by atoms with E-state index in [1.807, 2.05) is 25.1 Å². The molecule has 0 saturated carbocycles. The maximum absolute atomic E-state index is 12.0. The number of carboxylic acid groups (broad SMARTS) is 1. The van der Waals surface area contributed by atoms with Crippen LogP contribution in [0.3, 0.4) is 0 Å². The smallest absolute Gasteiger partial charge is 0.310 e. The summed E-state index contributed by atoms with van der Waals surface area (Å²) in [6.07, 6.45) is 1.56. The minimum Gasteiger partial charge on any atom is -0.481 e. The van der Waals surface area contributed by atoms with Crippen molar-refractivity contribution in [1.82, 2.24) is 4.90 Å². The van der Waals surface area contributed by atoms with Crippen molar-refractivity contribution in [1.29, 1.82) is 0 Å². The highest BCUT2D eigenvalue weighted by atomic mass is 16.4. The van der Waals surface area contributed by atoms with E-state index in [0.29, 0.717) is 18.5 Å². The Bertz CT molecular complexity index is 775. The van der Waals surface area contributed by atoms with Crippen LogP contribution in [0.25, 0.3) is 0 Å². The number of nitrogens with zero attached hydrogens (tertiary/aromatic N) is 1. The molecular weight excluding hydrogens is 358 g/mol. The molecule has 2 rings (SSSR count). The van der Waals surface area contributed by atoms with Gasteiger partial charge in [0.25, 0.3) is 0 Å². The third kappa shape index (κ3) is 5.93. The average Bonchev–Trinajstić information content (AvgIpc) is 2.67. The topological polar surface area (TPSA) is 40.5 Å². The van der Waals surface area contributed by atoms with E-state index in [1.165, 1.54) is 11.1 Å². The molecule has 29 heavy (non-hydrogen) atoms. The Kier molecular flexibility index (Phi) is 8.45. The zero-order chi connectivity index (χ0) is 21.6. The maximum Gasteiger partial charge on any atom is 0.310 e. The summed E-state index contributed by atoms with van der Waals surface area (Å²) < 4.78 is 0. The number of aryl methyl sites for hydroxylation is 1. The third-order valence-electron chi connectivity index (χ3n) is 5.90. The molecule has 0 fully saturated rings. The molecule has 2 atom stereocenters. The van der Waals surface area contributed by atoms with Gasteiger partial charge in [0.05, 0.1) is 5.92 Å². The van der Waals surface area contributed by atoms with Gasteiger partial charge in [0, 0.05) is 18.0 Å². The van der Waals surface area contributed by atoms with E-state index < -0.39 is 11.9 Å². The summed E-state index contributed by atoms with van der Waals surface area (Å²) in [4.78, 5) is 14.5. The lowest BCUT2D eigenvalue weighted by Gasteiger charge is -2.33. The SMILES string of the molecule is CCC(C(=O)O)c1ccc(C)cc1[C@H](CCN(C(C)C)C(C)C)c1ccccc1. The molecule has 2 aromatic rings. The Morgan fingerprint density at radius 3 is 2.10 bits per heavy atom. The fraction of sp³-hybridized carbons (Fsp3) is 0.500. The number of hydrogen-bond donors (Lipinski definition) is 1. The van der Waals surface area contributed by atoms with Gasteiger partial charge in [-0.25, -0.2) is 0 Å². The van der Waals surface area contributed by atoms with Gasteiger partial charge in [-0.05, 0) is 70.7 Å². The first-order valence-corrected chi connectivity index (χ1v) is 10.9. The maximum atomic E-state index is 12.0. The molecule has 2 aromatic carbocycles. The van der Waals surface area contributed by atoms with Gasteiger partial charge in [0.15, 0.2) is 0 Å². The third-order valence-corrected chi connectivity index (χ3v) is 5.90. The molecule has 3 nitrogen and oxygen atoms in total. The largest absolute Gasteiger partial charge is 0.481 e. The van der Waals surface area contributed by atoms with Crippen molar-refractivity contribution in [3.8, 4) is 0 Å². The van der Waals surface area contributed by atoms with Crippen LogP contribution in [0.1, 0.15) is 81.5 Å². The van der Waals surface area contributed by atoms with Crippen LogP contribution in [0, 0.1) is 6.92 Å². The number of rotatable bonds is 10. The van der Waals surface area contributed by atoms with Gasteiger partial charge in [-0.2, -0.15) is 0 Å². The highest BCUT2D eigenvalue weighted by Gasteiger charge is 2.26. The van der Waals surface area contributed by atoms with Crippen LogP contribution in [0.15, 0.2) is 48.5 Å². The molecule has 0 saturated heterocycles. The van der Waals surface area contributed by atoms with Crippen molar-refractivity contribution in [3.63, 3.8) is 0 Å². The van der Waals surface area contributed by atoms with Crippen LogP contribution in [0.5, 0.6) is 0 Å². The molecule has 0 amide bonds. The Balaban J connectivity index is 2.52. The van der Waals surface area contributed by atoms with Gasteiger partial charge < -0.3 is 5.11 Å². The summed E-state index contributed by atoms with van der Waals surface area (Å²) >= 11 is 0. The molecule has 1 N–H and O–H groups in total. The second-order valence-corrected chi connectivity index (χ2v) is 8.61. The van der Waals surface area contributed by atoms with Crippen molar-refractivity contribution in [2.45, 2.75) is 78.3 Å². The number of benzene rings is 2. The Hall–Kier alpha value is -2.13. The van der Waals surface area contributed by atoms with E-state index >= 15 is 0 Å². The average molecular weight is 396 g/mol. The normalized spacial score (nSPS) is 13.8. The van der Waals surface area contributed by atoms with E-state index in [0.717, 1.165) is 24.1 Å². The van der Waals surface area contributed by atoms with E-state index in [4.69, 9.17) is 0 Å². The van der Waals surface area contributed by atoms with E-state index in [9.17, 15) is 9.90 Å². The fourth-order valence-electron chi connectivity index (χ4n) is 4.42. The molecular formula is C26H37NO2. The van der Waals surface area contributed by atoms with Crippen molar-refractivity contribution < 1.29 is 9.90 Å². The molecule has 0 aliphatic carbocycles. The summed E-state index contributed by atoms with van der Waals surface area (Å²) in [5.41, 5.74) is 4.56. The summed E-state index contributed by atoms with van der Waals surface area (Å²) in [7, 11) is 0. The van der Waals surface area contributed by atoms with Gasteiger partial charge in [-0.1, -0.05) is 61.0 Å². The lowest BCUT2D eigenvalue weighted by Crippen LogP contribution is -2.38. The van der Waals surface area contributed by atoms with Gasteiger partial charge in [-0.3, -0.25) is 9.69 Å². The molecule has 0 aliphatic heterocycles. The molecule has 0 heterocycles. The second kappa shape index (κ2) is 10.6. The first-order valence-electron chi connectivity index (χ1n) is 10.9. The zero-order valence-corrected chi connectivity index (χ0v) is 18.9. The molecule has 158 valence electrons. The van der Waals surface area contributed by atoms with Crippen LogP contribution in [-0.2, 0) is 4.79 Å². The van der Waals surface area contributed by atoms with E-state index in [-0.39, 0.29) is 5.92 Å². The Morgan fingerprint density at radius 1 is 0.966 bits per heavy atom. The van der Waals surface area contributed by atoms with Crippen molar-refractivity contribution >= 4 is 5.97 Å². The number of carboxylic acids is 1. The van der Waals surface area contributed by atoms with Crippen LogP contribution in [-0.4, -0.2) is 34.6 Å². The summed E-state index contributed by atoms with van der Waals surface area (Å²) in [5, 5.41) is 9.83. The number of hydrogen-bond acceptors (Lipinski definition) is 2. The van der Waals surface area contributed by atoms with Crippen LogP contribution >= 0.6 is 0 Å². The Labute approximate surface area is 176 Å². The van der Waals surface area contributed by atoms with Crippen molar-refractivity contribution in [3.05, 3.63) is 70.8 Å². The van der Waals surface area contributed by atoms with Crippen LogP contribution in [0.4, 0.5) is 0 Å². The molecule has 0 aromatic heterocycles. The van der Waals surface area contributed by atoms with Gasteiger partial charge >= 0.3 is 5.97 Å². The molecule has 0 radical (unpaired) electrons. The predicted octanol–water partition coefficient (Wildman–Crippen LogP) is 6.21. The monoisotopic (exact) mass is 395 g/mol. The van der Waals surface area contributed by atoms with Gasteiger partial charge in [0.2, 0.25) is 0 Å². The highest BCUT2D eigenvalue weighted by Crippen LogP contribution is 2.36. The molecule has 1 unspecified atom stereocenters. The minimum atomic E-state index is -0.740. The number of carbonyl (C=O) groups is 1. The highest BCUT2D eigenvalue weighted by molar-refractivity contribution is 5.77. The van der Waals surface area contributed by atoms with E-state index in [2.05, 4.69) is 69.9 Å². The predicted molar refractivity (Wildman–Crippen MR) is 122 cm³/mol. The standard InChI is InChI=1S/C26H37NO2/c1-7-22(26(28)29)24-14-13-20(6)17-25(24)23(21-11-9-8-10-12-21)15-16-27(18(2)3)19(4)5/h8-14,17-19,22-23H,7,15-16H2,1-6H3,(H,28,29)/t22?,23-/m1/s1. The summed E-state index contributed by atoms with van der Waals surface area (Å²) in [6, 6.07) is 17.8. The van der Waals surface area contributed by atoms with Gasteiger partial charge in [-0.15, -0.1) is 0 Å². The van der Waals surface area contributed by atoms with Crippen molar-refractivity contribution in [2.24, 2.45) is 0 Å². The van der Waals surface area contributed by atoms with Crippen LogP contribution < -0.4 is 0 Å². The minimum absolute atomic E-state index is 0.180. The van der Waals surface area contributed by atoms with E-state index in [1.54, 1.807) is 0 Å². The molecule has 0 aliphatic rings. The first-order chi connectivity index (χ1) is 13.8. The van der Waals surface area contributed by atoms with Crippen molar-refractivity contribution in [2.75, 3.05) is 6.54 Å².